The standard InChI is InChI=1S/C45H29NO2.C42H25NOS.C36H21NO2/c1-45(2)37-18-6-3-11-27(37)34-24-35-28-12-4-7-19-39(28)46(40(35)25-38(34)45)26-21-22-42-36(23-26)33-17-10-16-32(44(33)48-42)31-15-9-14-30-29-13-5-8-20-41(29)47-43(30)31;1-2-10-26(11-3-1)27-20-22-38-35(24-27)29-12-4-6-18-37(29)43(38)28-21-23-39-36(25-28)32-15-8-14-31(41(32)44-39)34-17-9-16-33-30-13-5-7-19-40(30)45-42(33)34;1-4-16-31-23(9-1)24-10-2-5-17-32(24)37(31)22-19-20-34-30(21-22)29-15-8-14-28(36(29)39-34)27-13-7-12-26-25-11-3-6-18-33(25)38-35(26)27/h3-25H,1-2H3;1-25H;1-21H. The van der Waals surface area contributed by atoms with E-state index in [1.807, 2.05) is 35.6 Å². The van der Waals surface area contributed by atoms with E-state index in [1.165, 1.54) is 125 Å². The van der Waals surface area contributed by atoms with E-state index in [2.05, 4.69) is 422 Å². The van der Waals surface area contributed by atoms with Crippen molar-refractivity contribution in [3.05, 3.63) is 430 Å². The summed E-state index contributed by atoms with van der Waals surface area (Å²) < 4.78 is 42.5. The van der Waals surface area contributed by atoms with E-state index in [4.69, 9.17) is 22.1 Å². The molecule has 132 heavy (non-hydrogen) atoms. The molecule has 1 aliphatic carbocycles. The molecule has 30 rings (SSSR count). The quantitative estimate of drug-likeness (QED) is 0.159. The normalized spacial score (nSPS) is 12.7. The van der Waals surface area contributed by atoms with E-state index in [1.54, 1.807) is 0 Å². The van der Waals surface area contributed by atoms with Crippen LogP contribution in [0.5, 0.6) is 0 Å². The third-order valence-corrected chi connectivity index (χ3v) is 29.3. The lowest BCUT2D eigenvalue weighted by Crippen LogP contribution is -2.14. The van der Waals surface area contributed by atoms with Gasteiger partial charge in [-0.2, -0.15) is 0 Å². The summed E-state index contributed by atoms with van der Waals surface area (Å²) in [5.41, 5.74) is 33.8. The first kappa shape index (κ1) is 74.1. The van der Waals surface area contributed by atoms with E-state index in [0.717, 1.165) is 155 Å². The molecule has 0 N–H and O–H groups in total. The average molecular weight is 1710 g/mol. The molecule has 29 aromatic rings. The molecule has 0 aliphatic heterocycles. The monoisotopic (exact) mass is 1710 g/mol. The molecule has 1 aliphatic rings. The van der Waals surface area contributed by atoms with E-state index in [9.17, 15) is 0 Å². The first-order valence-corrected chi connectivity index (χ1v) is 45.9. The molecular weight excluding hydrogens is 1630 g/mol. The zero-order valence-electron chi connectivity index (χ0n) is 71.6. The highest BCUT2D eigenvalue weighted by molar-refractivity contribution is 7.26. The van der Waals surface area contributed by atoms with Crippen LogP contribution >= 0.6 is 11.3 Å². The van der Waals surface area contributed by atoms with Crippen molar-refractivity contribution in [1.82, 2.24) is 13.7 Å². The lowest BCUT2D eigenvalue weighted by Gasteiger charge is -2.21. The van der Waals surface area contributed by atoms with Gasteiger partial charge in [0.25, 0.3) is 0 Å². The third-order valence-electron chi connectivity index (χ3n) is 28.0. The van der Waals surface area contributed by atoms with Crippen molar-refractivity contribution in [2.75, 3.05) is 0 Å². The molecule has 20 aromatic carbocycles. The molecule has 9 heteroatoms. The Hall–Kier alpha value is -17.0. The van der Waals surface area contributed by atoms with Crippen LogP contribution in [0, 0.1) is 0 Å². The van der Waals surface area contributed by atoms with E-state index in [0.29, 0.717) is 0 Å². The highest BCUT2D eigenvalue weighted by atomic mass is 32.1. The van der Waals surface area contributed by atoms with Crippen LogP contribution in [0.25, 0.3) is 268 Å². The molecule has 0 unspecified atom stereocenters. The van der Waals surface area contributed by atoms with E-state index in [-0.39, 0.29) is 5.41 Å². The van der Waals surface area contributed by atoms with Crippen molar-refractivity contribution >= 4 is 207 Å². The van der Waals surface area contributed by atoms with Gasteiger partial charge < -0.3 is 35.8 Å². The summed E-state index contributed by atoms with van der Waals surface area (Å²) in [6, 6.07) is 149. The largest absolute Gasteiger partial charge is 0.455 e. The molecule has 0 fully saturated rings. The van der Waals surface area contributed by atoms with Gasteiger partial charge in [0, 0.05) is 162 Å². The van der Waals surface area contributed by atoms with Gasteiger partial charge in [-0.15, -0.1) is 11.3 Å². The first-order chi connectivity index (χ1) is 65.2. The highest BCUT2D eigenvalue weighted by Crippen LogP contribution is 2.54. The summed E-state index contributed by atoms with van der Waals surface area (Å²) in [6.45, 7) is 4.70. The van der Waals surface area contributed by atoms with Crippen LogP contribution in [0.3, 0.4) is 0 Å². The number of rotatable bonds is 7. The van der Waals surface area contributed by atoms with Gasteiger partial charge in [-0.05, 0) is 155 Å². The summed E-state index contributed by atoms with van der Waals surface area (Å²) in [5.74, 6) is 0. The SMILES string of the molecule is CC1(C)c2ccccc2-c2cc3c4ccccc4n(-c4ccc5oc6c(-c7cccc8c7oc7ccccc78)cccc6c5c4)c3cc21.c1ccc(-c2ccc3c(c2)c2ccccc2n3-c2ccc3oc4c(-c5cccc6c5sc5ccccc56)cccc4c3c2)cc1.c1ccc2c(c1)oc1c(-c3cccc4c3oc3ccc(-n5c6ccccc6c6ccccc65)cc34)cccc12. The molecule has 9 heterocycles. The van der Waals surface area contributed by atoms with Gasteiger partial charge in [0.2, 0.25) is 0 Å². The van der Waals surface area contributed by atoms with Crippen molar-refractivity contribution in [3.8, 4) is 72.7 Å². The number of aromatic nitrogens is 3. The van der Waals surface area contributed by atoms with Crippen LogP contribution in [0.2, 0.25) is 0 Å². The summed E-state index contributed by atoms with van der Waals surface area (Å²) >= 11 is 1.86. The maximum atomic E-state index is 6.68. The predicted molar refractivity (Wildman–Crippen MR) is 551 cm³/mol. The number of hydrogen-bond donors (Lipinski definition) is 0. The van der Waals surface area contributed by atoms with Gasteiger partial charge >= 0.3 is 0 Å². The molecule has 8 nitrogen and oxygen atoms in total. The molecule has 0 radical (unpaired) electrons. The molecule has 9 aromatic heterocycles. The Labute approximate surface area is 758 Å². The topological polar surface area (TPSA) is 80.5 Å². The third kappa shape index (κ3) is 11.0. The molecule has 0 saturated heterocycles. The second-order valence-corrected chi connectivity index (χ2v) is 36.5. The summed E-state index contributed by atoms with van der Waals surface area (Å²) in [5, 5.41) is 21.3. The van der Waals surface area contributed by atoms with E-state index >= 15 is 0 Å². The lowest BCUT2D eigenvalue weighted by atomic mass is 9.82. The van der Waals surface area contributed by atoms with Crippen molar-refractivity contribution in [3.63, 3.8) is 0 Å². The number of nitrogens with zero attached hydrogens (tertiary/aromatic N) is 3. The minimum Gasteiger partial charge on any atom is -0.455 e. The summed E-state index contributed by atoms with van der Waals surface area (Å²) in [4.78, 5) is 0. The fourth-order valence-corrected chi connectivity index (χ4v) is 23.2. The smallest absolute Gasteiger partial charge is 0.143 e. The molecule has 0 atom stereocenters. The Morgan fingerprint density at radius 3 is 1.00 bits per heavy atom. The minimum absolute atomic E-state index is 0.0782. The number of fused-ring (bicyclic) bond motifs is 30. The number of hydrogen-bond acceptors (Lipinski definition) is 6. The van der Waals surface area contributed by atoms with Gasteiger partial charge in [0.1, 0.15) is 55.8 Å². The Kier molecular flexibility index (Phi) is 16.0. The Morgan fingerprint density at radius 1 is 0.189 bits per heavy atom. The maximum absolute atomic E-state index is 6.68. The van der Waals surface area contributed by atoms with Crippen LogP contribution < -0.4 is 0 Å². The van der Waals surface area contributed by atoms with Gasteiger partial charge in [-0.25, -0.2) is 0 Å². The Bertz CT molecular complexity index is 9890. The summed E-state index contributed by atoms with van der Waals surface area (Å²) in [7, 11) is 0. The second kappa shape index (κ2) is 28.5. The molecule has 0 saturated carbocycles. The molecule has 0 spiro atoms. The van der Waals surface area contributed by atoms with Crippen LogP contribution in [-0.4, -0.2) is 13.7 Å². The number of thiophene rings is 1. The molecule has 0 bridgehead atoms. The Balaban J connectivity index is 0.0000000996. The second-order valence-electron chi connectivity index (χ2n) is 35.5. The lowest BCUT2D eigenvalue weighted by molar-refractivity contribution is 0.661. The molecular formula is C123H75N3O5S. The van der Waals surface area contributed by atoms with Crippen molar-refractivity contribution in [1.29, 1.82) is 0 Å². The summed E-state index contributed by atoms with van der Waals surface area (Å²) in [6.07, 6.45) is 0. The highest BCUT2D eigenvalue weighted by Gasteiger charge is 2.37. The van der Waals surface area contributed by atoms with Crippen LogP contribution in [0.15, 0.2) is 441 Å². The predicted octanol–water partition coefficient (Wildman–Crippen LogP) is 35.2. The average Bonchev–Trinajstić information content (AvgIpc) is 1.54. The van der Waals surface area contributed by atoms with Gasteiger partial charge in [-0.1, -0.05) is 311 Å². The zero-order chi connectivity index (χ0) is 86.7. The van der Waals surface area contributed by atoms with E-state index < -0.39 is 0 Å². The van der Waals surface area contributed by atoms with Crippen LogP contribution in [0.4, 0.5) is 0 Å². The molecule has 0 amide bonds. The number of benzene rings is 20. The number of furan rings is 5. The first-order valence-electron chi connectivity index (χ1n) is 45.1. The van der Waals surface area contributed by atoms with Gasteiger partial charge in [0.05, 0.1) is 33.1 Å². The Morgan fingerprint density at radius 2 is 0.523 bits per heavy atom. The van der Waals surface area contributed by atoms with Crippen molar-refractivity contribution < 1.29 is 22.1 Å². The number of para-hydroxylation sites is 11. The van der Waals surface area contributed by atoms with Crippen molar-refractivity contribution in [2.24, 2.45) is 0 Å². The zero-order valence-corrected chi connectivity index (χ0v) is 72.4. The van der Waals surface area contributed by atoms with Gasteiger partial charge in [-0.3, -0.25) is 0 Å². The molecule has 618 valence electrons. The van der Waals surface area contributed by atoms with Crippen LogP contribution in [0.1, 0.15) is 25.0 Å². The fraction of sp³-hybridized carbons (Fsp3) is 0.0244. The fourth-order valence-electron chi connectivity index (χ4n) is 22.0. The maximum Gasteiger partial charge on any atom is 0.143 e. The van der Waals surface area contributed by atoms with Crippen molar-refractivity contribution in [2.45, 2.75) is 19.3 Å². The van der Waals surface area contributed by atoms with Crippen LogP contribution in [-0.2, 0) is 5.41 Å². The minimum atomic E-state index is -0.0782. The van der Waals surface area contributed by atoms with Gasteiger partial charge in [0.15, 0.2) is 0 Å².